The number of rotatable bonds is 6. The van der Waals surface area contributed by atoms with E-state index in [1.807, 2.05) is 24.5 Å². The molecule has 2 N–H and O–H groups in total. The molecule has 3 rings (SSSR count). The molecule has 7 heteroatoms. The summed E-state index contributed by atoms with van der Waals surface area (Å²) < 4.78 is 10.7. The highest BCUT2D eigenvalue weighted by molar-refractivity contribution is 14.0. The standard InChI is InChI=1S/C19H24N4O2.HI/c1-14-12-21-8-6-16(14)7-10-23-19(20-2)22-9-5-15-3-4-17-18(11-15)25-13-24-17;/h3-4,6,8,11-12H,5,7,9-10,13H2,1-2H3,(H2,20,22,23);1H. The van der Waals surface area contributed by atoms with Crippen molar-refractivity contribution < 1.29 is 9.47 Å². The van der Waals surface area contributed by atoms with E-state index in [1.54, 1.807) is 7.05 Å². The number of aromatic nitrogens is 1. The summed E-state index contributed by atoms with van der Waals surface area (Å²) in [5.74, 6) is 2.46. The third-order valence-corrected chi connectivity index (χ3v) is 4.19. The number of aliphatic imine (C=N–C) groups is 1. The molecule has 1 aromatic heterocycles. The van der Waals surface area contributed by atoms with Gasteiger partial charge in [-0.05, 0) is 54.7 Å². The minimum absolute atomic E-state index is 0. The lowest BCUT2D eigenvalue weighted by Crippen LogP contribution is -2.39. The maximum atomic E-state index is 5.41. The van der Waals surface area contributed by atoms with E-state index in [0.717, 1.165) is 43.4 Å². The van der Waals surface area contributed by atoms with Crippen molar-refractivity contribution in [3.05, 3.63) is 53.3 Å². The first kappa shape index (κ1) is 20.3. The SMILES string of the molecule is CN=C(NCCc1ccc2c(c1)OCO2)NCCc1ccncc1C.I. The summed E-state index contributed by atoms with van der Waals surface area (Å²) in [6, 6.07) is 8.12. The predicted octanol–water partition coefficient (Wildman–Crippen LogP) is 2.69. The second kappa shape index (κ2) is 10.2. The van der Waals surface area contributed by atoms with Gasteiger partial charge >= 0.3 is 0 Å². The molecule has 2 aromatic rings. The van der Waals surface area contributed by atoms with Gasteiger partial charge in [-0.3, -0.25) is 9.98 Å². The largest absolute Gasteiger partial charge is 0.454 e. The summed E-state index contributed by atoms with van der Waals surface area (Å²) in [7, 11) is 1.79. The Bertz CT molecular complexity index is 752. The first-order valence-electron chi connectivity index (χ1n) is 8.49. The average molecular weight is 468 g/mol. The minimum atomic E-state index is 0. The third kappa shape index (κ3) is 5.48. The highest BCUT2D eigenvalue weighted by Gasteiger charge is 2.12. The Morgan fingerprint density at radius 3 is 2.65 bits per heavy atom. The van der Waals surface area contributed by atoms with Crippen LogP contribution in [0.5, 0.6) is 11.5 Å². The van der Waals surface area contributed by atoms with Gasteiger partial charge in [0.15, 0.2) is 17.5 Å². The van der Waals surface area contributed by atoms with E-state index in [4.69, 9.17) is 9.47 Å². The van der Waals surface area contributed by atoms with E-state index >= 15 is 0 Å². The van der Waals surface area contributed by atoms with Crippen molar-refractivity contribution in [3.63, 3.8) is 0 Å². The quantitative estimate of drug-likeness (QED) is 0.388. The number of guanidine groups is 1. The van der Waals surface area contributed by atoms with Crippen molar-refractivity contribution in [2.45, 2.75) is 19.8 Å². The molecule has 140 valence electrons. The number of hydrogen-bond donors (Lipinski definition) is 2. The number of ether oxygens (including phenoxy) is 2. The zero-order valence-electron chi connectivity index (χ0n) is 15.1. The molecule has 1 aliphatic heterocycles. The second-order valence-corrected chi connectivity index (χ2v) is 5.92. The summed E-state index contributed by atoms with van der Waals surface area (Å²) in [6.45, 7) is 4.02. The van der Waals surface area contributed by atoms with Gasteiger partial charge in [0.25, 0.3) is 0 Å². The van der Waals surface area contributed by atoms with Gasteiger partial charge in [0.1, 0.15) is 0 Å². The Kier molecular flexibility index (Phi) is 7.96. The number of aryl methyl sites for hydroxylation is 1. The van der Waals surface area contributed by atoms with Crippen molar-refractivity contribution in [2.75, 3.05) is 26.9 Å². The molecule has 0 fully saturated rings. The number of benzene rings is 1. The van der Waals surface area contributed by atoms with Crippen molar-refractivity contribution in [3.8, 4) is 11.5 Å². The van der Waals surface area contributed by atoms with E-state index in [1.165, 1.54) is 16.7 Å². The lowest BCUT2D eigenvalue weighted by molar-refractivity contribution is 0.174. The summed E-state index contributed by atoms with van der Waals surface area (Å²) in [5, 5.41) is 6.69. The second-order valence-electron chi connectivity index (χ2n) is 5.92. The maximum Gasteiger partial charge on any atom is 0.231 e. The van der Waals surface area contributed by atoms with Crippen molar-refractivity contribution in [2.24, 2.45) is 4.99 Å². The van der Waals surface area contributed by atoms with Gasteiger partial charge in [0.2, 0.25) is 6.79 Å². The number of halogens is 1. The van der Waals surface area contributed by atoms with Gasteiger partial charge in [-0.25, -0.2) is 0 Å². The molecule has 0 amide bonds. The summed E-state index contributed by atoms with van der Waals surface area (Å²) >= 11 is 0. The van der Waals surface area contributed by atoms with Crippen molar-refractivity contribution >= 4 is 29.9 Å². The number of fused-ring (bicyclic) bond motifs is 1. The molecule has 0 radical (unpaired) electrons. The average Bonchev–Trinajstić information content (AvgIpc) is 3.09. The molecule has 0 saturated heterocycles. The number of hydrogen-bond acceptors (Lipinski definition) is 4. The fourth-order valence-electron chi connectivity index (χ4n) is 2.74. The van der Waals surface area contributed by atoms with Crippen LogP contribution in [-0.2, 0) is 12.8 Å². The smallest absolute Gasteiger partial charge is 0.231 e. The van der Waals surface area contributed by atoms with Crippen LogP contribution in [0.2, 0.25) is 0 Å². The lowest BCUT2D eigenvalue weighted by atomic mass is 10.1. The molecule has 0 saturated carbocycles. The molecule has 2 heterocycles. The minimum Gasteiger partial charge on any atom is -0.454 e. The van der Waals surface area contributed by atoms with Crippen molar-refractivity contribution in [1.29, 1.82) is 0 Å². The molecule has 26 heavy (non-hydrogen) atoms. The highest BCUT2D eigenvalue weighted by Crippen LogP contribution is 2.32. The number of pyridine rings is 1. The van der Waals surface area contributed by atoms with Gasteiger partial charge < -0.3 is 20.1 Å². The van der Waals surface area contributed by atoms with E-state index in [2.05, 4.69) is 39.7 Å². The molecule has 0 bridgehead atoms. The van der Waals surface area contributed by atoms with E-state index in [0.29, 0.717) is 6.79 Å². The molecular formula is C19H25IN4O2. The Morgan fingerprint density at radius 1 is 1.12 bits per heavy atom. The van der Waals surface area contributed by atoms with Crippen LogP contribution in [0.25, 0.3) is 0 Å². The zero-order chi connectivity index (χ0) is 17.5. The molecule has 0 spiro atoms. The normalized spacial score (nSPS) is 12.5. The van der Waals surface area contributed by atoms with Gasteiger partial charge in [-0.2, -0.15) is 0 Å². The van der Waals surface area contributed by atoms with Crippen LogP contribution in [0.4, 0.5) is 0 Å². The number of nitrogens with one attached hydrogen (secondary N) is 2. The Hall–Kier alpha value is -2.03. The Balaban J connectivity index is 0.00000243. The molecule has 0 atom stereocenters. The topological polar surface area (TPSA) is 67.8 Å². The third-order valence-electron chi connectivity index (χ3n) is 4.19. The van der Waals surface area contributed by atoms with Gasteiger partial charge in [-0.15, -0.1) is 24.0 Å². The van der Waals surface area contributed by atoms with Gasteiger partial charge in [-0.1, -0.05) is 6.07 Å². The van der Waals surface area contributed by atoms with Crippen LogP contribution < -0.4 is 20.1 Å². The monoisotopic (exact) mass is 468 g/mol. The number of nitrogens with zero attached hydrogens (tertiary/aromatic N) is 2. The van der Waals surface area contributed by atoms with E-state index < -0.39 is 0 Å². The lowest BCUT2D eigenvalue weighted by Gasteiger charge is -2.12. The molecule has 0 unspecified atom stereocenters. The maximum absolute atomic E-state index is 5.41. The fourth-order valence-corrected chi connectivity index (χ4v) is 2.74. The van der Waals surface area contributed by atoms with Crippen LogP contribution >= 0.6 is 24.0 Å². The Labute approximate surface area is 171 Å². The predicted molar refractivity (Wildman–Crippen MR) is 114 cm³/mol. The molecule has 0 aliphatic carbocycles. The molecule has 1 aliphatic rings. The van der Waals surface area contributed by atoms with Crippen molar-refractivity contribution in [1.82, 2.24) is 15.6 Å². The van der Waals surface area contributed by atoms with Gasteiger partial charge in [0.05, 0.1) is 0 Å². The van der Waals surface area contributed by atoms with E-state index in [-0.39, 0.29) is 24.0 Å². The Morgan fingerprint density at radius 2 is 1.88 bits per heavy atom. The summed E-state index contributed by atoms with van der Waals surface area (Å²) in [4.78, 5) is 8.39. The van der Waals surface area contributed by atoms with Crippen LogP contribution in [0.15, 0.2) is 41.7 Å². The molecular weight excluding hydrogens is 443 g/mol. The fraction of sp³-hybridized carbons (Fsp3) is 0.368. The van der Waals surface area contributed by atoms with E-state index in [9.17, 15) is 0 Å². The van der Waals surface area contributed by atoms with Crippen LogP contribution in [0.3, 0.4) is 0 Å². The highest BCUT2D eigenvalue weighted by atomic mass is 127. The first-order valence-corrected chi connectivity index (χ1v) is 8.49. The summed E-state index contributed by atoms with van der Waals surface area (Å²) in [6.07, 6.45) is 5.56. The van der Waals surface area contributed by atoms with Crippen LogP contribution in [0.1, 0.15) is 16.7 Å². The van der Waals surface area contributed by atoms with Crippen LogP contribution in [0, 0.1) is 6.92 Å². The zero-order valence-corrected chi connectivity index (χ0v) is 17.4. The summed E-state index contributed by atoms with van der Waals surface area (Å²) in [5.41, 5.74) is 3.73. The van der Waals surface area contributed by atoms with Gasteiger partial charge in [0, 0.05) is 32.5 Å². The van der Waals surface area contributed by atoms with Crippen LogP contribution in [-0.4, -0.2) is 37.9 Å². The first-order chi connectivity index (χ1) is 12.3. The molecule has 1 aromatic carbocycles. The molecule has 6 nitrogen and oxygen atoms in total.